The van der Waals surface area contributed by atoms with Gasteiger partial charge >= 0.3 is 0 Å². The number of carbonyl (C=O) groups excluding carboxylic acids is 1. The molecule has 0 bridgehead atoms. The molecule has 1 saturated carbocycles. The van der Waals surface area contributed by atoms with Gasteiger partial charge in [-0.05, 0) is 54.8 Å². The molecule has 1 aliphatic rings. The van der Waals surface area contributed by atoms with Crippen LogP contribution in [0.1, 0.15) is 40.5 Å². The summed E-state index contributed by atoms with van der Waals surface area (Å²) in [6.07, 6.45) is 2.48. The third-order valence-corrected chi connectivity index (χ3v) is 4.73. The minimum atomic E-state index is -0.0950. The van der Waals surface area contributed by atoms with Crippen molar-refractivity contribution in [3.8, 4) is 5.75 Å². The van der Waals surface area contributed by atoms with Crippen molar-refractivity contribution in [1.29, 1.82) is 0 Å². The van der Waals surface area contributed by atoms with E-state index in [1.165, 1.54) is 18.7 Å². The lowest BCUT2D eigenvalue weighted by molar-refractivity contribution is 0.0951. The van der Waals surface area contributed by atoms with Gasteiger partial charge in [0.25, 0.3) is 5.91 Å². The number of fused-ring (bicyclic) bond motifs is 1. The average Bonchev–Trinajstić information content (AvgIpc) is 3.44. The summed E-state index contributed by atoms with van der Waals surface area (Å²) < 4.78 is 7.30. The summed E-state index contributed by atoms with van der Waals surface area (Å²) in [4.78, 5) is 17.0. The topological polar surface area (TPSA) is 56.1 Å². The molecule has 1 amide bonds. The van der Waals surface area contributed by atoms with Crippen LogP contribution in [0.2, 0.25) is 0 Å². The molecule has 0 radical (unpaired) electrons. The first-order valence-corrected chi connectivity index (χ1v) is 8.53. The van der Waals surface area contributed by atoms with E-state index in [0.29, 0.717) is 18.0 Å². The molecule has 5 nitrogen and oxygen atoms in total. The van der Waals surface area contributed by atoms with Gasteiger partial charge in [-0.25, -0.2) is 4.98 Å². The second-order valence-corrected chi connectivity index (χ2v) is 6.54. The standard InChI is InChI=1S/C20H21N3O2/c1-23-18-10-3-13(11-17(18)22-19(23)14-4-5-14)12-21-20(24)15-6-8-16(25-2)9-7-15/h3,6-11,14H,4-5,12H2,1-2H3,(H,21,24). The van der Waals surface area contributed by atoms with Crippen LogP contribution in [0.25, 0.3) is 11.0 Å². The predicted molar refractivity (Wildman–Crippen MR) is 96.9 cm³/mol. The van der Waals surface area contributed by atoms with Gasteiger partial charge in [-0.3, -0.25) is 4.79 Å². The third-order valence-electron chi connectivity index (χ3n) is 4.73. The number of nitrogens with one attached hydrogen (secondary N) is 1. The molecule has 1 fully saturated rings. The van der Waals surface area contributed by atoms with Gasteiger partial charge in [-0.2, -0.15) is 0 Å². The molecule has 0 unspecified atom stereocenters. The summed E-state index contributed by atoms with van der Waals surface area (Å²) in [5, 5.41) is 2.96. The minimum absolute atomic E-state index is 0.0950. The molecule has 128 valence electrons. The molecular formula is C20H21N3O2. The number of aryl methyl sites for hydroxylation is 1. The fourth-order valence-electron chi connectivity index (χ4n) is 3.11. The lowest BCUT2D eigenvalue weighted by Crippen LogP contribution is -2.22. The molecule has 1 N–H and O–H groups in total. The van der Waals surface area contributed by atoms with Gasteiger partial charge in [0, 0.05) is 25.1 Å². The van der Waals surface area contributed by atoms with E-state index >= 15 is 0 Å². The molecule has 25 heavy (non-hydrogen) atoms. The van der Waals surface area contributed by atoms with Crippen molar-refractivity contribution in [2.75, 3.05) is 7.11 Å². The number of nitrogens with zero attached hydrogens (tertiary/aromatic N) is 2. The highest BCUT2D eigenvalue weighted by Crippen LogP contribution is 2.40. The van der Waals surface area contributed by atoms with Gasteiger partial charge in [0.05, 0.1) is 18.1 Å². The number of aromatic nitrogens is 2. The van der Waals surface area contributed by atoms with E-state index in [2.05, 4.69) is 35.1 Å². The number of amides is 1. The Morgan fingerprint density at radius 3 is 2.68 bits per heavy atom. The van der Waals surface area contributed by atoms with Crippen LogP contribution in [0.15, 0.2) is 42.5 Å². The molecule has 5 heteroatoms. The number of carbonyl (C=O) groups is 1. The molecule has 0 aliphatic heterocycles. The van der Waals surface area contributed by atoms with E-state index in [0.717, 1.165) is 22.3 Å². The van der Waals surface area contributed by atoms with Crippen LogP contribution in [0, 0.1) is 0 Å². The van der Waals surface area contributed by atoms with Crippen LogP contribution >= 0.6 is 0 Å². The Hall–Kier alpha value is -2.82. The number of methoxy groups -OCH3 is 1. The zero-order valence-electron chi connectivity index (χ0n) is 14.5. The molecule has 1 aromatic heterocycles. The summed E-state index contributed by atoms with van der Waals surface area (Å²) >= 11 is 0. The Bertz CT molecular complexity index is 924. The Morgan fingerprint density at radius 2 is 2.00 bits per heavy atom. The second-order valence-electron chi connectivity index (χ2n) is 6.54. The zero-order valence-corrected chi connectivity index (χ0v) is 14.5. The minimum Gasteiger partial charge on any atom is -0.497 e. The highest BCUT2D eigenvalue weighted by molar-refractivity contribution is 5.94. The SMILES string of the molecule is COc1ccc(C(=O)NCc2ccc3c(c2)nc(C2CC2)n3C)cc1. The number of ether oxygens (including phenoxy) is 1. The average molecular weight is 335 g/mol. The van der Waals surface area contributed by atoms with Crippen LogP contribution in [0.5, 0.6) is 5.75 Å². The molecule has 1 aliphatic carbocycles. The Kier molecular flexibility index (Phi) is 3.92. The van der Waals surface area contributed by atoms with Crippen LogP contribution in [-0.2, 0) is 13.6 Å². The van der Waals surface area contributed by atoms with E-state index in [-0.39, 0.29) is 5.91 Å². The van der Waals surface area contributed by atoms with Crippen LogP contribution < -0.4 is 10.1 Å². The van der Waals surface area contributed by atoms with Gasteiger partial charge in [-0.1, -0.05) is 6.07 Å². The Balaban J connectivity index is 1.47. The number of hydrogen-bond donors (Lipinski definition) is 1. The Labute approximate surface area is 146 Å². The van der Waals surface area contributed by atoms with Crippen LogP contribution in [0.3, 0.4) is 0 Å². The molecule has 1 heterocycles. The highest BCUT2D eigenvalue weighted by atomic mass is 16.5. The van der Waals surface area contributed by atoms with Crippen molar-refractivity contribution >= 4 is 16.9 Å². The van der Waals surface area contributed by atoms with E-state index < -0.39 is 0 Å². The van der Waals surface area contributed by atoms with E-state index in [1.807, 2.05) is 0 Å². The predicted octanol–water partition coefficient (Wildman–Crippen LogP) is 3.39. The maximum absolute atomic E-state index is 12.3. The summed E-state index contributed by atoms with van der Waals surface area (Å²) in [7, 11) is 3.69. The third kappa shape index (κ3) is 3.09. The first-order valence-electron chi connectivity index (χ1n) is 8.53. The summed E-state index contributed by atoms with van der Waals surface area (Å²) in [6.45, 7) is 0.482. The van der Waals surface area contributed by atoms with E-state index in [4.69, 9.17) is 9.72 Å². The van der Waals surface area contributed by atoms with E-state index in [1.54, 1.807) is 31.4 Å². The zero-order chi connectivity index (χ0) is 17.4. The van der Waals surface area contributed by atoms with Crippen molar-refractivity contribution in [3.63, 3.8) is 0 Å². The maximum atomic E-state index is 12.3. The summed E-state index contributed by atoms with van der Waals surface area (Å²) in [5.41, 5.74) is 3.82. The molecule has 0 atom stereocenters. The summed E-state index contributed by atoms with van der Waals surface area (Å²) in [6, 6.07) is 13.3. The first-order chi connectivity index (χ1) is 12.2. The number of imidazole rings is 1. The number of rotatable bonds is 5. The van der Waals surface area contributed by atoms with Gasteiger partial charge < -0.3 is 14.6 Å². The van der Waals surface area contributed by atoms with Crippen molar-refractivity contribution in [2.24, 2.45) is 7.05 Å². The lowest BCUT2D eigenvalue weighted by atomic mass is 10.1. The fourth-order valence-corrected chi connectivity index (χ4v) is 3.11. The molecule has 2 aromatic carbocycles. The van der Waals surface area contributed by atoms with Crippen molar-refractivity contribution in [3.05, 3.63) is 59.4 Å². The van der Waals surface area contributed by atoms with Crippen molar-refractivity contribution in [2.45, 2.75) is 25.3 Å². The van der Waals surface area contributed by atoms with Crippen molar-refractivity contribution < 1.29 is 9.53 Å². The van der Waals surface area contributed by atoms with Gasteiger partial charge in [0.1, 0.15) is 11.6 Å². The molecule has 4 rings (SSSR count). The largest absolute Gasteiger partial charge is 0.497 e. The van der Waals surface area contributed by atoms with Gasteiger partial charge in [0.15, 0.2) is 0 Å². The fraction of sp³-hybridized carbons (Fsp3) is 0.300. The first kappa shape index (κ1) is 15.7. The lowest BCUT2D eigenvalue weighted by Gasteiger charge is -2.07. The summed E-state index contributed by atoms with van der Waals surface area (Å²) in [5.74, 6) is 2.44. The van der Waals surface area contributed by atoms with Gasteiger partial charge in [0.2, 0.25) is 0 Å². The molecule has 0 spiro atoms. The number of hydrogen-bond acceptors (Lipinski definition) is 3. The van der Waals surface area contributed by atoms with Crippen LogP contribution in [-0.4, -0.2) is 22.6 Å². The quantitative estimate of drug-likeness (QED) is 0.777. The number of benzene rings is 2. The van der Waals surface area contributed by atoms with E-state index in [9.17, 15) is 4.79 Å². The van der Waals surface area contributed by atoms with Crippen LogP contribution in [0.4, 0.5) is 0 Å². The molecule has 0 saturated heterocycles. The monoisotopic (exact) mass is 335 g/mol. The second kappa shape index (κ2) is 6.24. The van der Waals surface area contributed by atoms with Gasteiger partial charge in [-0.15, -0.1) is 0 Å². The molecular weight excluding hydrogens is 314 g/mol. The normalized spacial score (nSPS) is 13.8. The highest BCUT2D eigenvalue weighted by Gasteiger charge is 2.28. The smallest absolute Gasteiger partial charge is 0.251 e. The Morgan fingerprint density at radius 1 is 1.24 bits per heavy atom. The maximum Gasteiger partial charge on any atom is 0.251 e. The van der Waals surface area contributed by atoms with Crippen molar-refractivity contribution in [1.82, 2.24) is 14.9 Å². The molecule has 3 aromatic rings.